The van der Waals surface area contributed by atoms with Gasteiger partial charge in [-0.3, -0.25) is 10.1 Å². The predicted octanol–water partition coefficient (Wildman–Crippen LogP) is 3.13. The summed E-state index contributed by atoms with van der Waals surface area (Å²) in [6.07, 6.45) is -5.74. The van der Waals surface area contributed by atoms with Gasteiger partial charge >= 0.3 is 6.18 Å². The average Bonchev–Trinajstić information content (AvgIpc) is 2.71. The molecule has 0 saturated heterocycles. The number of alkyl halides is 3. The number of amides is 1. The summed E-state index contributed by atoms with van der Waals surface area (Å²) in [4.78, 5) is 16.0. The van der Waals surface area contributed by atoms with Gasteiger partial charge in [0.05, 0.1) is 11.0 Å². The van der Waals surface area contributed by atoms with Crippen molar-refractivity contribution in [3.63, 3.8) is 0 Å². The van der Waals surface area contributed by atoms with Crippen LogP contribution in [0.15, 0.2) is 18.2 Å². The van der Waals surface area contributed by atoms with Crippen LogP contribution in [0.5, 0.6) is 0 Å². The number of halogens is 4. The quantitative estimate of drug-likeness (QED) is 0.934. The third-order valence-electron chi connectivity index (χ3n) is 2.94. The first kappa shape index (κ1) is 16.6. The molecule has 1 amide bonds. The number of ether oxygens (including phenoxy) is 1. The summed E-state index contributed by atoms with van der Waals surface area (Å²) < 4.78 is 42.3. The number of carbonyl (C=O) groups excluding carboxylic acids is 1. The van der Waals surface area contributed by atoms with Crippen molar-refractivity contribution in [1.29, 1.82) is 0 Å². The number of benzene rings is 1. The van der Waals surface area contributed by atoms with E-state index in [0.717, 1.165) is 5.52 Å². The zero-order valence-corrected chi connectivity index (χ0v) is 12.5. The Hall–Kier alpha value is -1.80. The molecule has 2 aromatic rings. The SMILES string of the molecule is CC(OCC(F)(F)F)C(=O)Nc1nc2cc(Cl)ccc2n1C. The van der Waals surface area contributed by atoms with Gasteiger partial charge in [-0.25, -0.2) is 4.98 Å². The fraction of sp³-hybridized carbons (Fsp3) is 0.385. The van der Waals surface area contributed by atoms with Gasteiger partial charge in [0, 0.05) is 12.1 Å². The molecule has 1 atom stereocenters. The van der Waals surface area contributed by atoms with Gasteiger partial charge < -0.3 is 9.30 Å². The number of aryl methyl sites for hydroxylation is 1. The molecule has 0 fully saturated rings. The lowest BCUT2D eigenvalue weighted by Crippen LogP contribution is -2.32. The Bertz CT molecular complexity index is 700. The van der Waals surface area contributed by atoms with Gasteiger partial charge in [0.15, 0.2) is 0 Å². The highest BCUT2D eigenvalue weighted by atomic mass is 35.5. The highest BCUT2D eigenvalue weighted by Gasteiger charge is 2.30. The maximum absolute atomic E-state index is 12.1. The van der Waals surface area contributed by atoms with Crippen LogP contribution in [0.4, 0.5) is 19.1 Å². The maximum Gasteiger partial charge on any atom is 0.411 e. The normalized spacial score (nSPS) is 13.4. The number of carbonyl (C=O) groups is 1. The summed E-state index contributed by atoms with van der Waals surface area (Å²) in [6.45, 7) is -0.250. The van der Waals surface area contributed by atoms with Gasteiger partial charge in [-0.1, -0.05) is 11.6 Å². The lowest BCUT2D eigenvalue weighted by molar-refractivity contribution is -0.184. The molecule has 22 heavy (non-hydrogen) atoms. The highest BCUT2D eigenvalue weighted by molar-refractivity contribution is 6.31. The number of rotatable bonds is 4. The molecule has 9 heteroatoms. The smallest absolute Gasteiger partial charge is 0.359 e. The number of hydrogen-bond donors (Lipinski definition) is 1. The molecule has 1 aromatic heterocycles. The van der Waals surface area contributed by atoms with E-state index in [1.807, 2.05) is 0 Å². The van der Waals surface area contributed by atoms with Crippen LogP contribution < -0.4 is 5.32 Å². The number of nitrogens with one attached hydrogen (secondary N) is 1. The topological polar surface area (TPSA) is 56.1 Å². The summed E-state index contributed by atoms with van der Waals surface area (Å²) in [6, 6.07) is 5.02. The molecule has 0 aliphatic carbocycles. The van der Waals surface area contributed by atoms with Gasteiger partial charge in [-0.2, -0.15) is 13.2 Å². The second-order valence-corrected chi connectivity index (χ2v) is 5.12. The van der Waals surface area contributed by atoms with E-state index >= 15 is 0 Å². The van der Waals surface area contributed by atoms with Crippen molar-refractivity contribution in [3.05, 3.63) is 23.2 Å². The van der Waals surface area contributed by atoms with Crippen LogP contribution in [0.1, 0.15) is 6.92 Å². The predicted molar refractivity (Wildman–Crippen MR) is 75.8 cm³/mol. The first-order valence-corrected chi connectivity index (χ1v) is 6.66. The summed E-state index contributed by atoms with van der Waals surface area (Å²) >= 11 is 5.86. The van der Waals surface area contributed by atoms with Crippen LogP contribution in [0.2, 0.25) is 5.02 Å². The number of aromatic nitrogens is 2. The molecule has 1 heterocycles. The first-order valence-electron chi connectivity index (χ1n) is 6.28. The molecule has 2 rings (SSSR count). The van der Waals surface area contributed by atoms with Gasteiger partial charge in [-0.15, -0.1) is 0 Å². The van der Waals surface area contributed by atoms with E-state index in [2.05, 4.69) is 15.0 Å². The third kappa shape index (κ3) is 3.89. The lowest BCUT2D eigenvalue weighted by atomic mass is 10.3. The van der Waals surface area contributed by atoms with Crippen molar-refractivity contribution in [1.82, 2.24) is 9.55 Å². The molecule has 0 bridgehead atoms. The fourth-order valence-corrected chi connectivity index (χ4v) is 1.96. The second kappa shape index (κ2) is 6.13. The molecule has 0 spiro atoms. The number of anilines is 1. The average molecular weight is 336 g/mol. The van der Waals surface area contributed by atoms with Crippen LogP contribution >= 0.6 is 11.6 Å². The Balaban J connectivity index is 2.10. The molecular weight excluding hydrogens is 323 g/mol. The molecule has 0 saturated carbocycles. The summed E-state index contributed by atoms with van der Waals surface area (Å²) in [7, 11) is 1.67. The molecule has 1 aromatic carbocycles. The van der Waals surface area contributed by atoms with E-state index in [1.165, 1.54) is 6.92 Å². The Morgan fingerprint density at radius 2 is 2.18 bits per heavy atom. The molecule has 0 aliphatic rings. The van der Waals surface area contributed by atoms with Crippen molar-refractivity contribution in [2.75, 3.05) is 11.9 Å². The van der Waals surface area contributed by atoms with Gasteiger partial charge in [-0.05, 0) is 25.1 Å². The number of nitrogens with zero attached hydrogens (tertiary/aromatic N) is 2. The third-order valence-corrected chi connectivity index (χ3v) is 3.18. The van der Waals surface area contributed by atoms with Crippen molar-refractivity contribution in [2.24, 2.45) is 7.05 Å². The summed E-state index contributed by atoms with van der Waals surface area (Å²) in [5, 5.41) is 2.92. The van der Waals surface area contributed by atoms with Crippen LogP contribution in [-0.2, 0) is 16.6 Å². The zero-order chi connectivity index (χ0) is 16.5. The number of hydrogen-bond acceptors (Lipinski definition) is 3. The maximum atomic E-state index is 12.1. The molecule has 0 radical (unpaired) electrons. The molecule has 1 unspecified atom stereocenters. The monoisotopic (exact) mass is 335 g/mol. The van der Waals surface area contributed by atoms with Crippen LogP contribution in [0, 0.1) is 0 Å². The van der Waals surface area contributed by atoms with Crippen LogP contribution in [0.25, 0.3) is 11.0 Å². The summed E-state index contributed by atoms with van der Waals surface area (Å²) in [5.41, 5.74) is 1.29. The van der Waals surface area contributed by atoms with E-state index in [9.17, 15) is 18.0 Å². The van der Waals surface area contributed by atoms with Crippen LogP contribution in [-0.4, -0.2) is 34.3 Å². The molecule has 0 aliphatic heterocycles. The Morgan fingerprint density at radius 3 is 2.82 bits per heavy atom. The molecule has 1 N–H and O–H groups in total. The van der Waals surface area contributed by atoms with Crippen molar-refractivity contribution < 1.29 is 22.7 Å². The van der Waals surface area contributed by atoms with E-state index in [-0.39, 0.29) is 5.95 Å². The molecule has 5 nitrogen and oxygen atoms in total. The van der Waals surface area contributed by atoms with Crippen LogP contribution in [0.3, 0.4) is 0 Å². The van der Waals surface area contributed by atoms with E-state index in [1.54, 1.807) is 29.8 Å². The lowest BCUT2D eigenvalue weighted by Gasteiger charge is -2.14. The molecule has 120 valence electrons. The van der Waals surface area contributed by atoms with Crippen molar-refractivity contribution in [2.45, 2.75) is 19.2 Å². The van der Waals surface area contributed by atoms with E-state index in [0.29, 0.717) is 10.5 Å². The van der Waals surface area contributed by atoms with Crippen molar-refractivity contribution >= 4 is 34.5 Å². The fourth-order valence-electron chi connectivity index (χ4n) is 1.79. The minimum atomic E-state index is -4.48. The minimum Gasteiger partial charge on any atom is -0.359 e. The van der Waals surface area contributed by atoms with Gasteiger partial charge in [0.1, 0.15) is 12.7 Å². The number of fused-ring (bicyclic) bond motifs is 1. The Morgan fingerprint density at radius 1 is 1.50 bits per heavy atom. The highest BCUT2D eigenvalue weighted by Crippen LogP contribution is 2.22. The minimum absolute atomic E-state index is 0.199. The van der Waals surface area contributed by atoms with Gasteiger partial charge in [0.2, 0.25) is 5.95 Å². The van der Waals surface area contributed by atoms with E-state index < -0.39 is 24.8 Å². The molecular formula is C13H13ClF3N3O2. The number of imidazole rings is 1. The summed E-state index contributed by atoms with van der Waals surface area (Å²) in [5.74, 6) is -0.515. The van der Waals surface area contributed by atoms with E-state index in [4.69, 9.17) is 11.6 Å². The second-order valence-electron chi connectivity index (χ2n) is 4.69. The first-order chi connectivity index (χ1) is 10.2. The standard InChI is InChI=1S/C13H13ClF3N3O2/c1-7(22-6-13(15,16)17)11(21)19-12-18-9-5-8(14)3-4-10(9)20(12)2/h3-5,7H,6H2,1-2H3,(H,18,19,21). The Labute approximate surface area is 129 Å². The zero-order valence-electron chi connectivity index (χ0n) is 11.7. The Kier molecular flexibility index (Phi) is 4.62. The van der Waals surface area contributed by atoms with Gasteiger partial charge in [0.25, 0.3) is 5.91 Å². The van der Waals surface area contributed by atoms with Crippen molar-refractivity contribution in [3.8, 4) is 0 Å². The largest absolute Gasteiger partial charge is 0.411 e.